The molecule has 0 bridgehead atoms. The van der Waals surface area contributed by atoms with Gasteiger partial charge in [-0.1, -0.05) is 45.9 Å². The Morgan fingerprint density at radius 2 is 1.73 bits per heavy atom. The van der Waals surface area contributed by atoms with Gasteiger partial charge in [0.05, 0.1) is 24.2 Å². The van der Waals surface area contributed by atoms with E-state index in [4.69, 9.17) is 4.74 Å². The maximum atomic E-state index is 13.5. The number of carbonyl (C=O) groups is 2. The molecule has 0 amide bonds. The fourth-order valence-corrected chi connectivity index (χ4v) is 4.14. The second-order valence-corrected chi connectivity index (χ2v) is 7.57. The molecular weight excluding hydrogens is 330 g/mol. The van der Waals surface area contributed by atoms with Crippen LogP contribution in [-0.2, 0) is 19.7 Å². The predicted octanol–water partition coefficient (Wildman–Crippen LogP) is 2.83. The van der Waals surface area contributed by atoms with E-state index in [2.05, 4.69) is 5.32 Å². The maximum absolute atomic E-state index is 13.5. The van der Waals surface area contributed by atoms with Gasteiger partial charge >= 0.3 is 0 Å². The molecule has 0 aromatic heterocycles. The highest BCUT2D eigenvalue weighted by molar-refractivity contribution is 6.03. The van der Waals surface area contributed by atoms with Crippen LogP contribution in [0.4, 0.5) is 0 Å². The van der Waals surface area contributed by atoms with Gasteiger partial charge in [0.2, 0.25) is 0 Å². The zero-order valence-corrected chi connectivity index (χ0v) is 16.2. The Bertz CT molecular complexity index is 710. The number of phenolic OH excluding ortho intramolecular Hbond substituents is 1. The van der Waals surface area contributed by atoms with E-state index >= 15 is 0 Å². The van der Waals surface area contributed by atoms with Crippen LogP contribution in [0.2, 0.25) is 0 Å². The molecule has 1 heterocycles. The first kappa shape index (κ1) is 20.2. The number of hydrogen-bond donors (Lipinski definition) is 2. The summed E-state index contributed by atoms with van der Waals surface area (Å²) in [6.07, 6.45) is 3.16. The molecule has 1 fully saturated rings. The lowest BCUT2D eigenvalue weighted by Crippen LogP contribution is -2.56. The van der Waals surface area contributed by atoms with E-state index in [9.17, 15) is 14.7 Å². The van der Waals surface area contributed by atoms with Crippen molar-refractivity contribution in [2.24, 2.45) is 17.3 Å². The quantitative estimate of drug-likeness (QED) is 0.732. The summed E-state index contributed by atoms with van der Waals surface area (Å²) in [7, 11) is 1.51. The van der Waals surface area contributed by atoms with Crippen molar-refractivity contribution in [2.75, 3.05) is 20.2 Å². The topological polar surface area (TPSA) is 75.6 Å². The average Bonchev–Trinajstić information content (AvgIpc) is 2.99. The summed E-state index contributed by atoms with van der Waals surface area (Å²) in [6, 6.07) is 6.80. The minimum Gasteiger partial charge on any atom is -0.508 e. The molecule has 2 atom stereocenters. The molecule has 1 saturated heterocycles. The number of benzene rings is 1. The molecule has 0 saturated carbocycles. The van der Waals surface area contributed by atoms with Crippen LogP contribution < -0.4 is 5.32 Å². The summed E-state index contributed by atoms with van der Waals surface area (Å²) >= 11 is 0. The lowest BCUT2D eigenvalue weighted by Gasteiger charge is -2.43. The molecule has 2 rings (SSSR count). The molecule has 0 aliphatic carbocycles. The molecule has 5 nitrogen and oxygen atoms in total. The molecule has 1 aliphatic heterocycles. The molecule has 0 radical (unpaired) electrons. The Kier molecular flexibility index (Phi) is 5.91. The number of hydrogen-bond acceptors (Lipinski definition) is 5. The Morgan fingerprint density at radius 3 is 2.27 bits per heavy atom. The minimum atomic E-state index is -1.19. The van der Waals surface area contributed by atoms with E-state index in [-0.39, 0.29) is 35.7 Å². The standard InChI is InChI=1S/C21H29NO4/c1-14(2)18(24)20(10-11-26-5)12-22-13-21(20,19(25)15(3)4)16-8-6-7-9-17(16)23/h6-11,14-15,22-23H,12-13H2,1-5H3. The summed E-state index contributed by atoms with van der Waals surface area (Å²) < 4.78 is 5.12. The Labute approximate surface area is 155 Å². The van der Waals surface area contributed by atoms with Crippen molar-refractivity contribution in [1.29, 1.82) is 0 Å². The van der Waals surface area contributed by atoms with Crippen LogP contribution in [0, 0.1) is 17.3 Å². The van der Waals surface area contributed by atoms with Gasteiger partial charge in [-0.05, 0) is 12.1 Å². The maximum Gasteiger partial charge on any atom is 0.148 e. The smallest absolute Gasteiger partial charge is 0.148 e. The fraction of sp³-hybridized carbons (Fsp3) is 0.524. The summed E-state index contributed by atoms with van der Waals surface area (Å²) in [5.41, 5.74) is -1.83. The van der Waals surface area contributed by atoms with Gasteiger partial charge in [0.25, 0.3) is 0 Å². The van der Waals surface area contributed by atoms with Gasteiger partial charge in [0.1, 0.15) is 17.3 Å². The Balaban J connectivity index is 2.87. The van der Waals surface area contributed by atoms with Crippen molar-refractivity contribution in [2.45, 2.75) is 33.1 Å². The summed E-state index contributed by atoms with van der Waals surface area (Å²) in [5.74, 6) is -0.671. The van der Waals surface area contributed by atoms with Crippen LogP contribution in [0.1, 0.15) is 33.3 Å². The summed E-state index contributed by atoms with van der Waals surface area (Å²) in [5, 5.41) is 13.8. The van der Waals surface area contributed by atoms with E-state index in [0.717, 1.165) is 0 Å². The van der Waals surface area contributed by atoms with Gasteiger partial charge in [0, 0.05) is 30.5 Å². The predicted molar refractivity (Wildman–Crippen MR) is 101 cm³/mol. The number of para-hydroxylation sites is 1. The van der Waals surface area contributed by atoms with Gasteiger partial charge in [-0.25, -0.2) is 0 Å². The molecule has 2 N–H and O–H groups in total. The number of carbonyl (C=O) groups excluding carboxylic acids is 2. The Hall–Kier alpha value is -2.14. The second-order valence-electron chi connectivity index (χ2n) is 7.57. The summed E-state index contributed by atoms with van der Waals surface area (Å²) in [4.78, 5) is 27.0. The number of phenols is 1. The minimum absolute atomic E-state index is 0.0250. The van der Waals surface area contributed by atoms with Crippen LogP contribution in [0.3, 0.4) is 0 Å². The van der Waals surface area contributed by atoms with Gasteiger partial charge in [-0.2, -0.15) is 0 Å². The highest BCUT2D eigenvalue weighted by atomic mass is 16.5. The number of Topliss-reactive ketones (excluding diaryl/α,β-unsaturated/α-hetero) is 2. The first-order valence-electron chi connectivity index (χ1n) is 9.03. The fourth-order valence-electron chi connectivity index (χ4n) is 4.14. The molecule has 1 aromatic rings. The van der Waals surface area contributed by atoms with Gasteiger partial charge in [-0.15, -0.1) is 0 Å². The summed E-state index contributed by atoms with van der Waals surface area (Å²) in [6.45, 7) is 7.92. The van der Waals surface area contributed by atoms with Crippen LogP contribution >= 0.6 is 0 Å². The van der Waals surface area contributed by atoms with Crippen LogP contribution in [-0.4, -0.2) is 36.9 Å². The monoisotopic (exact) mass is 359 g/mol. The molecule has 26 heavy (non-hydrogen) atoms. The normalized spacial score (nSPS) is 26.0. The van der Waals surface area contributed by atoms with Crippen molar-refractivity contribution in [3.05, 3.63) is 42.2 Å². The SMILES string of the molecule is COC=CC1(C(=O)C(C)C)CNCC1(C(=O)C(C)C)c1ccccc1O. The molecule has 5 heteroatoms. The van der Waals surface area contributed by atoms with E-state index < -0.39 is 10.8 Å². The zero-order chi connectivity index (χ0) is 19.5. The molecule has 0 spiro atoms. The zero-order valence-electron chi connectivity index (χ0n) is 16.2. The third kappa shape index (κ3) is 2.94. The number of methoxy groups -OCH3 is 1. The van der Waals surface area contributed by atoms with E-state index in [1.54, 1.807) is 30.3 Å². The third-order valence-electron chi connectivity index (χ3n) is 5.32. The van der Waals surface area contributed by atoms with Gasteiger partial charge in [-0.3, -0.25) is 9.59 Å². The van der Waals surface area contributed by atoms with Gasteiger partial charge in [0.15, 0.2) is 0 Å². The molecule has 142 valence electrons. The van der Waals surface area contributed by atoms with Crippen LogP contribution in [0.15, 0.2) is 36.6 Å². The lowest BCUT2D eigenvalue weighted by atomic mass is 9.55. The van der Waals surface area contributed by atoms with Crippen molar-refractivity contribution in [3.63, 3.8) is 0 Å². The number of aromatic hydroxyl groups is 1. The highest BCUT2D eigenvalue weighted by Gasteiger charge is 2.64. The average molecular weight is 359 g/mol. The number of rotatable bonds is 7. The van der Waals surface area contributed by atoms with Crippen LogP contribution in [0.5, 0.6) is 5.75 Å². The number of ether oxygens (including phenoxy) is 1. The number of nitrogens with one attached hydrogen (secondary N) is 1. The first-order chi connectivity index (χ1) is 12.2. The molecular formula is C21H29NO4. The van der Waals surface area contributed by atoms with E-state index in [0.29, 0.717) is 12.1 Å². The lowest BCUT2D eigenvalue weighted by molar-refractivity contribution is -0.140. The number of ketones is 2. The largest absolute Gasteiger partial charge is 0.508 e. The van der Waals surface area contributed by atoms with Crippen molar-refractivity contribution < 1.29 is 19.4 Å². The van der Waals surface area contributed by atoms with Crippen molar-refractivity contribution in [1.82, 2.24) is 5.32 Å². The molecule has 1 aliphatic rings. The highest BCUT2D eigenvalue weighted by Crippen LogP contribution is 2.52. The Morgan fingerprint density at radius 1 is 1.12 bits per heavy atom. The molecule has 2 unspecified atom stereocenters. The second kappa shape index (κ2) is 7.62. The van der Waals surface area contributed by atoms with E-state index in [1.807, 2.05) is 27.7 Å². The first-order valence-corrected chi connectivity index (χ1v) is 9.03. The van der Waals surface area contributed by atoms with Crippen LogP contribution in [0.25, 0.3) is 0 Å². The van der Waals surface area contributed by atoms with E-state index in [1.165, 1.54) is 13.4 Å². The third-order valence-corrected chi connectivity index (χ3v) is 5.32. The van der Waals surface area contributed by atoms with Gasteiger partial charge < -0.3 is 15.2 Å². The van der Waals surface area contributed by atoms with Crippen molar-refractivity contribution >= 4 is 11.6 Å². The van der Waals surface area contributed by atoms with Crippen molar-refractivity contribution in [3.8, 4) is 5.75 Å². The molecule has 1 aromatic carbocycles.